The highest BCUT2D eigenvalue weighted by Crippen LogP contribution is 2.60. The SMILES string of the molecule is CN1CCC23c4c5cccc4OC2C(OS(=O)OCCC2=CCc4ccccc4C2)C=CC3[C@H]1C5. The van der Waals surface area contributed by atoms with E-state index in [1.165, 1.54) is 27.8 Å². The van der Waals surface area contributed by atoms with E-state index in [1.54, 1.807) is 0 Å². The average Bonchev–Trinajstić information content (AvgIpc) is 3.22. The third-order valence-electron chi connectivity index (χ3n) is 8.97. The molecule has 1 fully saturated rings. The topological polar surface area (TPSA) is 48.0 Å². The summed E-state index contributed by atoms with van der Waals surface area (Å²) in [4.78, 5) is 2.49. The van der Waals surface area contributed by atoms with Crippen LogP contribution in [-0.2, 0) is 44.4 Å². The van der Waals surface area contributed by atoms with E-state index in [-0.39, 0.29) is 11.5 Å². The van der Waals surface area contributed by atoms with Crippen LogP contribution in [0.5, 0.6) is 5.75 Å². The Labute approximate surface area is 209 Å². The van der Waals surface area contributed by atoms with Gasteiger partial charge < -0.3 is 9.64 Å². The zero-order valence-corrected chi connectivity index (χ0v) is 20.8. The first-order valence-electron chi connectivity index (χ1n) is 12.8. The van der Waals surface area contributed by atoms with Crippen molar-refractivity contribution >= 4 is 11.4 Å². The quantitative estimate of drug-likeness (QED) is 0.569. The van der Waals surface area contributed by atoms with Crippen LogP contribution in [0.4, 0.5) is 0 Å². The fraction of sp³-hybridized carbons (Fsp3) is 0.448. The summed E-state index contributed by atoms with van der Waals surface area (Å²) in [5, 5.41) is 0. The van der Waals surface area contributed by atoms with Gasteiger partial charge in [-0.15, -0.1) is 0 Å². The maximum atomic E-state index is 12.8. The second-order valence-corrected chi connectivity index (χ2v) is 11.5. The number of nitrogens with zero attached hydrogens (tertiary/aromatic N) is 1. The van der Waals surface area contributed by atoms with E-state index in [1.807, 2.05) is 0 Å². The number of hydrogen-bond donors (Lipinski definition) is 0. The number of rotatable bonds is 6. The van der Waals surface area contributed by atoms with Gasteiger partial charge in [0.15, 0.2) is 0 Å². The molecule has 1 spiro atoms. The Morgan fingerprint density at radius 2 is 1.97 bits per heavy atom. The predicted octanol–water partition coefficient (Wildman–Crippen LogP) is 4.23. The van der Waals surface area contributed by atoms with Crippen molar-refractivity contribution in [3.63, 3.8) is 0 Å². The van der Waals surface area contributed by atoms with Crippen LogP contribution in [0.3, 0.4) is 0 Å². The zero-order valence-electron chi connectivity index (χ0n) is 20.0. The molecule has 5 aliphatic rings. The van der Waals surface area contributed by atoms with Gasteiger partial charge in [-0.3, -0.25) is 8.37 Å². The summed E-state index contributed by atoms with van der Waals surface area (Å²) in [7, 11) is 2.23. The number of piperidine rings is 1. The molecule has 5 nitrogen and oxygen atoms in total. The smallest absolute Gasteiger partial charge is 0.305 e. The van der Waals surface area contributed by atoms with Crippen molar-refractivity contribution in [2.45, 2.75) is 55.8 Å². The van der Waals surface area contributed by atoms with E-state index < -0.39 is 17.5 Å². The van der Waals surface area contributed by atoms with E-state index in [9.17, 15) is 4.21 Å². The van der Waals surface area contributed by atoms with Crippen molar-refractivity contribution in [1.82, 2.24) is 4.90 Å². The van der Waals surface area contributed by atoms with Crippen LogP contribution in [0, 0.1) is 5.92 Å². The van der Waals surface area contributed by atoms with Gasteiger partial charge >= 0.3 is 11.4 Å². The van der Waals surface area contributed by atoms with Crippen molar-refractivity contribution in [2.75, 3.05) is 20.2 Å². The standard InChI is InChI=1S/C29H31NO4S/c1-30-15-14-29-23-11-12-26(28(29)33-25-8-4-7-22(27(25)29)18-24(23)30)34-35(31)32-16-13-19-9-10-20-5-2-3-6-21(20)17-19/h2-9,11-12,23-24,26,28H,10,13-18H2,1H3/t23?,24-,26?,28?,29?,35?/m1/s1. The number of benzene rings is 2. The van der Waals surface area contributed by atoms with Crippen molar-refractivity contribution < 1.29 is 17.3 Å². The molecule has 0 aromatic heterocycles. The van der Waals surface area contributed by atoms with Crippen LogP contribution in [-0.4, -0.2) is 47.6 Å². The van der Waals surface area contributed by atoms with Crippen molar-refractivity contribution in [3.8, 4) is 5.75 Å². The molecule has 0 amide bonds. The van der Waals surface area contributed by atoms with Gasteiger partial charge in [-0.2, -0.15) is 4.21 Å². The monoisotopic (exact) mass is 489 g/mol. The second kappa shape index (κ2) is 8.41. The van der Waals surface area contributed by atoms with Gasteiger partial charge in [0.05, 0.1) is 6.61 Å². The summed E-state index contributed by atoms with van der Waals surface area (Å²) in [5.74, 6) is 1.37. The summed E-state index contributed by atoms with van der Waals surface area (Å²) >= 11 is -1.83. The first kappa shape index (κ1) is 22.0. The molecular formula is C29H31NO4S. The molecule has 0 saturated carbocycles. The summed E-state index contributed by atoms with van der Waals surface area (Å²) in [6, 6.07) is 15.5. The van der Waals surface area contributed by atoms with Gasteiger partial charge in [-0.25, -0.2) is 0 Å². The van der Waals surface area contributed by atoms with Gasteiger partial charge in [0.25, 0.3) is 0 Å². The molecule has 5 unspecified atom stereocenters. The molecule has 3 aliphatic carbocycles. The third-order valence-corrected chi connectivity index (χ3v) is 9.71. The minimum atomic E-state index is -1.83. The molecule has 2 heterocycles. The highest BCUT2D eigenvalue weighted by Gasteiger charge is 2.64. The van der Waals surface area contributed by atoms with E-state index in [0.29, 0.717) is 18.6 Å². The lowest BCUT2D eigenvalue weighted by molar-refractivity contribution is -0.0375. The van der Waals surface area contributed by atoms with Gasteiger partial charge in [0.1, 0.15) is 18.0 Å². The Morgan fingerprint density at radius 1 is 1.11 bits per heavy atom. The van der Waals surface area contributed by atoms with E-state index in [4.69, 9.17) is 13.1 Å². The number of allylic oxidation sites excluding steroid dienone is 1. The van der Waals surface area contributed by atoms with Crippen LogP contribution in [0.1, 0.15) is 35.1 Å². The summed E-state index contributed by atoms with van der Waals surface area (Å²) in [6.45, 7) is 1.42. The molecule has 6 heteroatoms. The molecule has 7 rings (SSSR count). The number of likely N-dealkylation sites (N-methyl/N-ethyl adjacent to an activating group) is 1. The van der Waals surface area contributed by atoms with Crippen molar-refractivity contribution in [3.05, 3.63) is 88.5 Å². The maximum absolute atomic E-state index is 12.8. The summed E-state index contributed by atoms with van der Waals surface area (Å²) in [6.07, 6.45) is 10.8. The lowest BCUT2D eigenvalue weighted by Crippen LogP contribution is -2.65. The number of hydrogen-bond acceptors (Lipinski definition) is 5. The normalized spacial score (nSPS) is 32.9. The van der Waals surface area contributed by atoms with Crippen LogP contribution < -0.4 is 4.74 Å². The first-order chi connectivity index (χ1) is 17.1. The Kier molecular flexibility index (Phi) is 5.28. The van der Waals surface area contributed by atoms with Gasteiger partial charge in [0, 0.05) is 22.9 Å². The van der Waals surface area contributed by atoms with Gasteiger partial charge in [0.2, 0.25) is 0 Å². The maximum Gasteiger partial charge on any atom is 0.305 e. The molecule has 35 heavy (non-hydrogen) atoms. The molecule has 2 aromatic rings. The first-order valence-corrected chi connectivity index (χ1v) is 13.8. The molecule has 2 aliphatic heterocycles. The van der Waals surface area contributed by atoms with Crippen molar-refractivity contribution in [1.29, 1.82) is 0 Å². The van der Waals surface area contributed by atoms with Crippen LogP contribution in [0.25, 0.3) is 0 Å². The third kappa shape index (κ3) is 3.41. The Morgan fingerprint density at radius 3 is 2.89 bits per heavy atom. The molecule has 182 valence electrons. The molecule has 6 atom stereocenters. The molecule has 0 N–H and O–H groups in total. The van der Waals surface area contributed by atoms with Crippen LogP contribution in [0.2, 0.25) is 0 Å². The Hall–Kier alpha value is -2.25. The summed E-state index contributed by atoms with van der Waals surface area (Å²) < 4.78 is 31.1. The highest BCUT2D eigenvalue weighted by molar-refractivity contribution is 7.75. The zero-order chi connectivity index (χ0) is 23.6. The summed E-state index contributed by atoms with van der Waals surface area (Å²) in [5.41, 5.74) is 6.77. The number of fused-ring (bicyclic) bond motifs is 1. The fourth-order valence-corrected chi connectivity index (χ4v) is 7.94. The average molecular weight is 490 g/mol. The number of likely N-dealkylation sites (tertiary alicyclic amines) is 1. The van der Waals surface area contributed by atoms with Crippen molar-refractivity contribution in [2.24, 2.45) is 5.92 Å². The molecule has 1 saturated heterocycles. The van der Waals surface area contributed by atoms with E-state index in [2.05, 4.69) is 72.6 Å². The molecule has 2 aromatic carbocycles. The second-order valence-electron chi connectivity index (χ2n) is 10.6. The molecule has 0 radical (unpaired) electrons. The van der Waals surface area contributed by atoms with Gasteiger partial charge in [-0.1, -0.05) is 60.2 Å². The minimum Gasteiger partial charge on any atom is -0.486 e. The van der Waals surface area contributed by atoms with E-state index >= 15 is 0 Å². The largest absolute Gasteiger partial charge is 0.486 e. The van der Waals surface area contributed by atoms with Crippen LogP contribution >= 0.6 is 0 Å². The Balaban J connectivity index is 1.04. The lowest BCUT2D eigenvalue weighted by Gasteiger charge is -2.56. The molecule has 2 bridgehead atoms. The highest BCUT2D eigenvalue weighted by atomic mass is 32.2. The van der Waals surface area contributed by atoms with E-state index in [0.717, 1.165) is 44.4 Å². The number of ether oxygens (including phenoxy) is 1. The Bertz CT molecular complexity index is 1250. The lowest BCUT2D eigenvalue weighted by atomic mass is 9.53. The van der Waals surface area contributed by atoms with Gasteiger partial charge in [-0.05, 0) is 68.5 Å². The fourth-order valence-electron chi connectivity index (χ4n) is 7.32. The predicted molar refractivity (Wildman–Crippen MR) is 135 cm³/mol. The van der Waals surface area contributed by atoms with Crippen LogP contribution in [0.15, 0.2) is 66.3 Å². The molecular weight excluding hydrogens is 458 g/mol. The minimum absolute atomic E-state index is 0.106.